The second kappa shape index (κ2) is 4.91. The van der Waals surface area contributed by atoms with Crippen molar-refractivity contribution in [1.82, 2.24) is 9.97 Å². The fourth-order valence-electron chi connectivity index (χ4n) is 2.03. The summed E-state index contributed by atoms with van der Waals surface area (Å²) in [5.74, 6) is 0.488. The van der Waals surface area contributed by atoms with Gasteiger partial charge in [-0.2, -0.15) is 0 Å². The van der Waals surface area contributed by atoms with Gasteiger partial charge in [-0.05, 0) is 25.0 Å². The zero-order valence-corrected chi connectivity index (χ0v) is 10.8. The third kappa shape index (κ3) is 3.42. The van der Waals surface area contributed by atoms with E-state index in [9.17, 15) is 18.0 Å². The second-order valence-corrected chi connectivity index (χ2v) is 4.87. The zero-order chi connectivity index (χ0) is 15.0. The van der Waals surface area contributed by atoms with Gasteiger partial charge in [0.05, 0.1) is 5.69 Å². The van der Waals surface area contributed by atoms with Gasteiger partial charge in [0.2, 0.25) is 0 Å². The number of benzene rings is 1. The molecule has 1 saturated carbocycles. The van der Waals surface area contributed by atoms with Crippen molar-refractivity contribution in [3.63, 3.8) is 0 Å². The predicted octanol–water partition coefficient (Wildman–Crippen LogP) is 3.21. The molecule has 1 N–H and O–H groups in total. The van der Waals surface area contributed by atoms with Gasteiger partial charge in [-0.25, -0.2) is 4.98 Å². The lowest BCUT2D eigenvalue weighted by molar-refractivity contribution is -0.274. The van der Waals surface area contributed by atoms with Crippen LogP contribution in [0.5, 0.6) is 5.75 Å². The van der Waals surface area contributed by atoms with E-state index in [1.54, 1.807) is 6.07 Å². The van der Waals surface area contributed by atoms with Gasteiger partial charge in [0.15, 0.2) is 0 Å². The summed E-state index contributed by atoms with van der Waals surface area (Å²) in [5.41, 5.74) is 0.432. The van der Waals surface area contributed by atoms with Crippen LogP contribution in [-0.2, 0) is 0 Å². The zero-order valence-electron chi connectivity index (χ0n) is 10.8. The van der Waals surface area contributed by atoms with E-state index in [0.29, 0.717) is 17.1 Å². The Kier molecular flexibility index (Phi) is 3.19. The number of halogens is 3. The van der Waals surface area contributed by atoms with Crippen molar-refractivity contribution >= 4 is 0 Å². The number of alkyl halides is 3. The molecular formula is C14H11F3N2O2. The van der Waals surface area contributed by atoms with Crippen LogP contribution >= 0.6 is 0 Å². The van der Waals surface area contributed by atoms with Crippen LogP contribution in [0.25, 0.3) is 11.3 Å². The SMILES string of the molecule is O=c1cc(-c2cccc(OC(F)(F)F)c2)nc(C2CC2)[nH]1. The molecule has 1 aliphatic carbocycles. The maximum absolute atomic E-state index is 12.2. The highest BCUT2D eigenvalue weighted by Crippen LogP contribution is 2.38. The smallest absolute Gasteiger partial charge is 0.406 e. The van der Waals surface area contributed by atoms with E-state index in [0.717, 1.165) is 12.8 Å². The van der Waals surface area contributed by atoms with Gasteiger partial charge in [0, 0.05) is 17.5 Å². The molecule has 2 aromatic rings. The van der Waals surface area contributed by atoms with Crippen LogP contribution in [0.1, 0.15) is 24.6 Å². The Balaban J connectivity index is 1.96. The monoisotopic (exact) mass is 296 g/mol. The first-order valence-corrected chi connectivity index (χ1v) is 6.38. The van der Waals surface area contributed by atoms with Crippen LogP contribution in [0.3, 0.4) is 0 Å². The lowest BCUT2D eigenvalue weighted by Crippen LogP contribution is -2.17. The standard InChI is InChI=1S/C14H11F3N2O2/c15-14(16,17)21-10-3-1-2-9(6-10)11-7-12(20)19-13(18-11)8-4-5-8/h1-3,6-8H,4-5H2,(H,18,19,20). The Labute approximate surface area is 117 Å². The second-order valence-electron chi connectivity index (χ2n) is 4.87. The fraction of sp³-hybridized carbons (Fsp3) is 0.286. The van der Waals surface area contributed by atoms with Gasteiger partial charge >= 0.3 is 6.36 Å². The summed E-state index contributed by atoms with van der Waals surface area (Å²) in [6.45, 7) is 0. The number of nitrogens with one attached hydrogen (secondary N) is 1. The first-order chi connectivity index (χ1) is 9.90. The van der Waals surface area contributed by atoms with Gasteiger partial charge in [-0.1, -0.05) is 12.1 Å². The van der Waals surface area contributed by atoms with Gasteiger partial charge in [0.1, 0.15) is 11.6 Å². The summed E-state index contributed by atoms with van der Waals surface area (Å²) in [6, 6.07) is 6.69. The van der Waals surface area contributed by atoms with Gasteiger partial charge in [-0.15, -0.1) is 13.2 Å². The number of hydrogen-bond acceptors (Lipinski definition) is 3. The van der Waals surface area contributed by atoms with Crippen LogP contribution in [-0.4, -0.2) is 16.3 Å². The molecule has 0 unspecified atom stereocenters. The third-order valence-electron chi connectivity index (χ3n) is 3.09. The molecule has 1 heterocycles. The van der Waals surface area contributed by atoms with Crippen LogP contribution < -0.4 is 10.3 Å². The highest BCUT2D eigenvalue weighted by molar-refractivity contribution is 5.60. The molecule has 3 rings (SSSR count). The Hall–Kier alpha value is -2.31. The number of aromatic nitrogens is 2. The number of rotatable bonds is 3. The molecule has 21 heavy (non-hydrogen) atoms. The van der Waals surface area contributed by atoms with Crippen molar-refractivity contribution in [3.8, 4) is 17.0 Å². The van der Waals surface area contributed by atoms with Gasteiger partial charge < -0.3 is 9.72 Å². The average Bonchev–Trinajstić information content (AvgIpc) is 3.20. The molecular weight excluding hydrogens is 285 g/mol. The summed E-state index contributed by atoms with van der Waals surface area (Å²) < 4.78 is 40.5. The van der Waals surface area contributed by atoms with Crippen molar-refractivity contribution in [2.45, 2.75) is 25.1 Å². The summed E-state index contributed by atoms with van der Waals surface area (Å²) in [5, 5.41) is 0. The van der Waals surface area contributed by atoms with Crippen LogP contribution in [0.15, 0.2) is 35.1 Å². The minimum Gasteiger partial charge on any atom is -0.406 e. The average molecular weight is 296 g/mol. The molecule has 0 saturated heterocycles. The first-order valence-electron chi connectivity index (χ1n) is 6.38. The fourth-order valence-corrected chi connectivity index (χ4v) is 2.03. The minimum absolute atomic E-state index is 0.243. The number of nitrogens with zero attached hydrogens (tertiary/aromatic N) is 1. The van der Waals surface area contributed by atoms with Crippen LogP contribution in [0.4, 0.5) is 13.2 Å². The quantitative estimate of drug-likeness (QED) is 0.946. The summed E-state index contributed by atoms with van der Waals surface area (Å²) in [7, 11) is 0. The van der Waals surface area contributed by atoms with Crippen molar-refractivity contribution in [2.24, 2.45) is 0 Å². The molecule has 4 nitrogen and oxygen atoms in total. The van der Waals surface area contributed by atoms with E-state index >= 15 is 0 Å². The molecule has 1 aliphatic rings. The van der Waals surface area contributed by atoms with Crippen molar-refractivity contribution < 1.29 is 17.9 Å². The van der Waals surface area contributed by atoms with E-state index in [1.165, 1.54) is 24.3 Å². The van der Waals surface area contributed by atoms with E-state index < -0.39 is 6.36 Å². The minimum atomic E-state index is -4.75. The van der Waals surface area contributed by atoms with Gasteiger partial charge in [-0.3, -0.25) is 4.79 Å². The molecule has 0 bridgehead atoms. The topological polar surface area (TPSA) is 55.0 Å². The highest BCUT2D eigenvalue weighted by atomic mass is 19.4. The molecule has 7 heteroatoms. The molecule has 1 aromatic heterocycles. The first kappa shape index (κ1) is 13.7. The Morgan fingerprint density at radius 1 is 1.24 bits per heavy atom. The number of hydrogen-bond donors (Lipinski definition) is 1. The van der Waals surface area contributed by atoms with Gasteiger partial charge in [0.25, 0.3) is 5.56 Å². The van der Waals surface area contributed by atoms with E-state index in [-0.39, 0.29) is 17.2 Å². The van der Waals surface area contributed by atoms with E-state index in [2.05, 4.69) is 14.7 Å². The highest BCUT2D eigenvalue weighted by Gasteiger charge is 2.31. The number of aromatic amines is 1. The summed E-state index contributed by atoms with van der Waals surface area (Å²) >= 11 is 0. The Morgan fingerprint density at radius 3 is 2.67 bits per heavy atom. The lowest BCUT2D eigenvalue weighted by atomic mass is 10.1. The predicted molar refractivity (Wildman–Crippen MR) is 69.0 cm³/mol. The molecule has 110 valence electrons. The normalized spacial score (nSPS) is 15.0. The van der Waals surface area contributed by atoms with E-state index in [1.807, 2.05) is 0 Å². The lowest BCUT2D eigenvalue weighted by Gasteiger charge is -2.10. The summed E-state index contributed by atoms with van der Waals surface area (Å²) in [6.07, 6.45) is -2.83. The van der Waals surface area contributed by atoms with E-state index in [4.69, 9.17) is 0 Å². The maximum Gasteiger partial charge on any atom is 0.573 e. The molecule has 0 aliphatic heterocycles. The molecule has 1 aromatic carbocycles. The third-order valence-corrected chi connectivity index (χ3v) is 3.09. The molecule has 0 spiro atoms. The molecule has 1 fully saturated rings. The molecule has 0 amide bonds. The maximum atomic E-state index is 12.2. The van der Waals surface area contributed by atoms with Crippen molar-refractivity contribution in [2.75, 3.05) is 0 Å². The van der Waals surface area contributed by atoms with Crippen molar-refractivity contribution in [3.05, 3.63) is 46.5 Å². The number of H-pyrrole nitrogens is 1. The van der Waals surface area contributed by atoms with Crippen LogP contribution in [0, 0.1) is 0 Å². The van der Waals surface area contributed by atoms with Crippen molar-refractivity contribution in [1.29, 1.82) is 0 Å². The Morgan fingerprint density at radius 2 is 2.00 bits per heavy atom. The largest absolute Gasteiger partial charge is 0.573 e. The van der Waals surface area contributed by atoms with Crippen LogP contribution in [0.2, 0.25) is 0 Å². The molecule has 0 radical (unpaired) electrons. The Bertz CT molecular complexity index is 721. The number of ether oxygens (including phenoxy) is 1. The molecule has 0 atom stereocenters. The summed E-state index contributed by atoms with van der Waals surface area (Å²) in [4.78, 5) is 18.6.